The van der Waals surface area contributed by atoms with E-state index in [1.807, 2.05) is 0 Å². The molecule has 5 nitrogen and oxygen atoms in total. The van der Waals surface area contributed by atoms with Gasteiger partial charge in [0.05, 0.1) is 9.82 Å². The molecule has 0 amide bonds. The molecule has 0 aliphatic carbocycles. The average Bonchev–Trinajstić information content (AvgIpc) is 3.03. The van der Waals surface area contributed by atoms with Gasteiger partial charge in [0, 0.05) is 35.9 Å². The second-order valence-corrected chi connectivity index (χ2v) is 5.46. The molecule has 1 aromatic carbocycles. The van der Waals surface area contributed by atoms with Crippen LogP contribution in [0.5, 0.6) is 0 Å². The number of aryl methyl sites for hydroxylation is 1. The molecular formula is C14H21N3O2S. The minimum Gasteiger partial charge on any atom is -0.361 e. The molecule has 0 unspecified atom stereocenters. The predicted molar refractivity (Wildman–Crippen MR) is 82.2 cm³/mol. The molecule has 0 bridgehead atoms. The van der Waals surface area contributed by atoms with E-state index in [0.717, 1.165) is 15.8 Å². The summed E-state index contributed by atoms with van der Waals surface area (Å²) in [5, 5.41) is -0.496. The normalized spacial score (nSPS) is 23.9. The first-order valence-corrected chi connectivity index (χ1v) is 6.92. The molecule has 1 aromatic heterocycles. The van der Waals surface area contributed by atoms with Crippen LogP contribution in [0, 0.1) is 0 Å². The molecule has 2 N–H and O–H groups in total. The Morgan fingerprint density at radius 1 is 1.50 bits per heavy atom. The van der Waals surface area contributed by atoms with Gasteiger partial charge >= 0.3 is 0 Å². The summed E-state index contributed by atoms with van der Waals surface area (Å²) in [7, 11) is -2.83. The van der Waals surface area contributed by atoms with Crippen LogP contribution in [0.25, 0.3) is 10.9 Å². The van der Waals surface area contributed by atoms with Gasteiger partial charge in [0.1, 0.15) is 0 Å². The summed E-state index contributed by atoms with van der Waals surface area (Å²) in [6.45, 7) is -5.96. The second-order valence-electron chi connectivity index (χ2n) is 4.04. The maximum absolute atomic E-state index is 12.5. The van der Waals surface area contributed by atoms with E-state index in [4.69, 9.17) is 16.4 Å². The lowest BCUT2D eigenvalue weighted by atomic mass is 10.1. The van der Waals surface area contributed by atoms with Crippen LogP contribution in [0.15, 0.2) is 24.3 Å². The van der Waals surface area contributed by atoms with E-state index in [9.17, 15) is 8.42 Å². The molecular weight excluding hydrogens is 274 g/mol. The summed E-state index contributed by atoms with van der Waals surface area (Å²) < 4.78 is 121. The molecule has 0 aliphatic heterocycles. The van der Waals surface area contributed by atoms with Crippen LogP contribution in [-0.4, -0.2) is 45.9 Å². The predicted octanol–water partition coefficient (Wildman–Crippen LogP) is 1.32. The van der Waals surface area contributed by atoms with Gasteiger partial charge in [-0.15, -0.1) is 0 Å². The van der Waals surface area contributed by atoms with Crippen LogP contribution in [-0.2, 0) is 22.1 Å². The van der Waals surface area contributed by atoms with Crippen molar-refractivity contribution >= 4 is 20.9 Å². The van der Waals surface area contributed by atoms with Gasteiger partial charge in [0.25, 0.3) is 0 Å². The highest BCUT2D eigenvalue weighted by molar-refractivity contribution is 7.88. The standard InChI is InChI=1S/C14H21N3O2S/c1-15-20(18,19)10-11-4-5-14-13(8-11)12(9-16-14)6-7-17(2)3/h4-5,8-9,15-16H,6-7,10H2,1-3H3/i1D3,4D,5D,6D2,7D2,8D,10D2. The van der Waals surface area contributed by atoms with E-state index in [-0.39, 0.29) is 5.52 Å². The number of nitrogens with one attached hydrogen (secondary N) is 2. The number of aromatic nitrogens is 1. The highest BCUT2D eigenvalue weighted by Crippen LogP contribution is 2.21. The summed E-state index contributed by atoms with van der Waals surface area (Å²) in [5.41, 5.74) is -5.63. The summed E-state index contributed by atoms with van der Waals surface area (Å²) in [5.74, 6) is 0. The summed E-state index contributed by atoms with van der Waals surface area (Å²) >= 11 is 0. The van der Waals surface area contributed by atoms with Crippen LogP contribution in [0.2, 0.25) is 0 Å². The second kappa shape index (κ2) is 5.95. The molecule has 0 aliphatic rings. The Balaban J connectivity index is 2.95. The molecule has 0 spiro atoms. The van der Waals surface area contributed by atoms with Crippen LogP contribution in [0.1, 0.15) is 27.6 Å². The maximum atomic E-state index is 12.5. The first-order valence-electron chi connectivity index (χ1n) is 11.4. The molecule has 0 saturated heterocycles. The van der Waals surface area contributed by atoms with E-state index in [1.165, 1.54) is 14.1 Å². The highest BCUT2D eigenvalue weighted by atomic mass is 32.2. The molecule has 0 atom stereocenters. The van der Waals surface area contributed by atoms with E-state index < -0.39 is 70.2 Å². The minimum absolute atomic E-state index is 0.297. The SMILES string of the molecule is [2H]c1c(C([2H])([2H])S(=O)(=O)NC([2H])([2H])[2H])c([2H])c2c(C([2H])([2H])C([2H])([2H])N(C)C)c[nH]c2c1[2H]. The van der Waals surface area contributed by atoms with Gasteiger partial charge in [0.2, 0.25) is 10.0 Å². The van der Waals surface area contributed by atoms with Crippen LogP contribution in [0.4, 0.5) is 0 Å². The van der Waals surface area contributed by atoms with Gasteiger partial charge < -0.3 is 9.88 Å². The van der Waals surface area contributed by atoms with Crippen molar-refractivity contribution in [1.82, 2.24) is 14.6 Å². The number of fused-ring (bicyclic) bond motifs is 1. The Morgan fingerprint density at radius 3 is 3.00 bits per heavy atom. The van der Waals surface area contributed by atoms with Gasteiger partial charge in [-0.05, 0) is 50.7 Å². The molecule has 6 heteroatoms. The van der Waals surface area contributed by atoms with E-state index in [0.29, 0.717) is 0 Å². The van der Waals surface area contributed by atoms with Crippen molar-refractivity contribution in [2.75, 3.05) is 27.6 Å². The van der Waals surface area contributed by atoms with Gasteiger partial charge in [-0.2, -0.15) is 0 Å². The van der Waals surface area contributed by atoms with Crippen LogP contribution >= 0.6 is 0 Å². The molecule has 0 saturated carbocycles. The van der Waals surface area contributed by atoms with Crippen molar-refractivity contribution in [3.05, 3.63) is 35.5 Å². The van der Waals surface area contributed by atoms with Crippen LogP contribution in [0.3, 0.4) is 0 Å². The Hall–Kier alpha value is -1.37. The van der Waals surface area contributed by atoms with Gasteiger partial charge in [0.15, 0.2) is 0 Å². The fraction of sp³-hybridized carbons (Fsp3) is 0.429. The monoisotopic (exact) mass is 307 g/mol. The van der Waals surface area contributed by atoms with Gasteiger partial charge in [-0.3, -0.25) is 0 Å². The number of nitrogens with zero attached hydrogens (tertiary/aromatic N) is 1. The van der Waals surface area contributed by atoms with Crippen molar-refractivity contribution in [1.29, 1.82) is 0 Å². The number of hydrogen-bond donors (Lipinski definition) is 2. The highest BCUT2D eigenvalue weighted by Gasteiger charge is 2.11. The smallest absolute Gasteiger partial charge is 0.215 e. The lowest BCUT2D eigenvalue weighted by Gasteiger charge is -2.08. The number of rotatable bonds is 6. The first kappa shape index (κ1) is 5.79. The fourth-order valence-electron chi connectivity index (χ4n) is 1.41. The van der Waals surface area contributed by atoms with Crippen molar-refractivity contribution in [3.63, 3.8) is 0 Å². The van der Waals surface area contributed by atoms with Gasteiger partial charge in [-0.25, -0.2) is 13.1 Å². The Bertz CT molecular complexity index is 1150. The zero-order valence-corrected chi connectivity index (χ0v) is 11.6. The number of H-pyrrole nitrogens is 1. The minimum atomic E-state index is -5.36. The van der Waals surface area contributed by atoms with E-state index in [2.05, 4.69) is 4.98 Å². The first-order chi connectivity index (χ1) is 14.1. The molecule has 1 heterocycles. The topological polar surface area (TPSA) is 65.2 Å². The third-order valence-electron chi connectivity index (χ3n) is 2.23. The summed E-state index contributed by atoms with van der Waals surface area (Å²) in [4.78, 5) is 3.41. The lowest BCUT2D eigenvalue weighted by molar-refractivity contribution is 0.414. The third kappa shape index (κ3) is 3.59. The number of aromatic amines is 1. The van der Waals surface area contributed by atoms with Crippen molar-refractivity contribution in [2.24, 2.45) is 0 Å². The number of likely N-dealkylation sites (N-methyl/N-ethyl adjacent to an activating group) is 1. The number of sulfonamides is 1. The molecule has 110 valence electrons. The zero-order valence-electron chi connectivity index (χ0n) is 22.7. The molecule has 2 rings (SSSR count). The number of hydrogen-bond acceptors (Lipinski definition) is 3. The largest absolute Gasteiger partial charge is 0.361 e. The van der Waals surface area contributed by atoms with Crippen molar-refractivity contribution < 1.29 is 24.9 Å². The summed E-state index contributed by atoms with van der Waals surface area (Å²) in [6, 6.07) is -2.78. The van der Waals surface area contributed by atoms with E-state index in [1.54, 1.807) is 0 Å². The Labute approximate surface area is 136 Å². The zero-order chi connectivity index (χ0) is 25.2. The van der Waals surface area contributed by atoms with Crippen molar-refractivity contribution in [3.8, 4) is 0 Å². The third-order valence-corrected chi connectivity index (χ3v) is 2.97. The molecule has 0 radical (unpaired) electrons. The Kier molecular flexibility index (Phi) is 1.72. The fourth-order valence-corrected chi connectivity index (χ4v) is 1.84. The van der Waals surface area contributed by atoms with E-state index >= 15 is 0 Å². The lowest BCUT2D eigenvalue weighted by Crippen LogP contribution is -2.20. The Morgan fingerprint density at radius 2 is 2.30 bits per heavy atom. The van der Waals surface area contributed by atoms with Crippen molar-refractivity contribution in [2.45, 2.75) is 12.1 Å². The molecule has 0 fully saturated rings. The van der Waals surface area contributed by atoms with Crippen LogP contribution < -0.4 is 4.72 Å². The summed E-state index contributed by atoms with van der Waals surface area (Å²) in [6.07, 6.45) is -1.86. The number of benzene rings is 1. The quantitative estimate of drug-likeness (QED) is 0.846. The van der Waals surface area contributed by atoms with Gasteiger partial charge in [-0.1, -0.05) is 6.04 Å². The average molecular weight is 307 g/mol. The molecule has 2 aromatic rings. The maximum Gasteiger partial charge on any atom is 0.215 e. The molecule has 20 heavy (non-hydrogen) atoms.